The Bertz CT molecular complexity index is 312. The third-order valence-corrected chi connectivity index (χ3v) is 3.81. The highest BCUT2D eigenvalue weighted by atomic mass is 16.5. The molecule has 4 nitrogen and oxygen atoms in total. The van der Waals surface area contributed by atoms with Crippen molar-refractivity contribution in [2.24, 2.45) is 11.8 Å². The molecule has 0 aromatic rings. The molecule has 84 valence electrons. The smallest absolute Gasteiger partial charge is 0.304 e. The summed E-state index contributed by atoms with van der Waals surface area (Å²) in [5.74, 6) is -1.47. The molecule has 0 aromatic carbocycles. The molecule has 2 heterocycles. The van der Waals surface area contributed by atoms with E-state index >= 15 is 0 Å². The van der Waals surface area contributed by atoms with E-state index in [1.54, 1.807) is 0 Å². The van der Waals surface area contributed by atoms with E-state index in [9.17, 15) is 9.59 Å². The van der Waals surface area contributed by atoms with E-state index in [2.05, 4.69) is 0 Å². The second kappa shape index (κ2) is 3.30. The monoisotopic (exact) mass is 212 g/mol. The molecular weight excluding hydrogens is 196 g/mol. The SMILES string of the molecule is C[C@@H]1C(=O)[C@H](CC(=O)O)[C@]2(C)CC[C@H]1O2. The van der Waals surface area contributed by atoms with Crippen molar-refractivity contribution in [2.45, 2.75) is 44.8 Å². The fourth-order valence-corrected chi connectivity index (χ4v) is 2.79. The van der Waals surface area contributed by atoms with Crippen LogP contribution in [0.2, 0.25) is 0 Å². The number of carbonyl (C=O) groups excluding carboxylic acids is 1. The lowest BCUT2D eigenvalue weighted by Gasteiger charge is -2.39. The number of fused-ring (bicyclic) bond motifs is 2. The van der Waals surface area contributed by atoms with Crippen molar-refractivity contribution in [2.75, 3.05) is 0 Å². The highest BCUT2D eigenvalue weighted by Crippen LogP contribution is 2.46. The van der Waals surface area contributed by atoms with Gasteiger partial charge in [-0.1, -0.05) is 6.92 Å². The Hall–Kier alpha value is -0.900. The van der Waals surface area contributed by atoms with Crippen molar-refractivity contribution in [1.82, 2.24) is 0 Å². The molecule has 0 spiro atoms. The summed E-state index contributed by atoms with van der Waals surface area (Å²) < 4.78 is 5.80. The molecule has 1 N–H and O–H groups in total. The Balaban J connectivity index is 2.26. The molecule has 2 bridgehead atoms. The molecule has 4 heteroatoms. The first-order chi connectivity index (χ1) is 6.94. The molecule has 2 saturated heterocycles. The average Bonchev–Trinajstić information content (AvgIpc) is 2.52. The van der Waals surface area contributed by atoms with Crippen LogP contribution in [0.5, 0.6) is 0 Å². The van der Waals surface area contributed by atoms with Crippen LogP contribution in [0, 0.1) is 11.8 Å². The summed E-state index contributed by atoms with van der Waals surface area (Å²) in [5.41, 5.74) is -0.535. The van der Waals surface area contributed by atoms with Gasteiger partial charge in [0.25, 0.3) is 0 Å². The summed E-state index contributed by atoms with van der Waals surface area (Å²) in [6.07, 6.45) is 1.57. The van der Waals surface area contributed by atoms with Crippen molar-refractivity contribution in [3.8, 4) is 0 Å². The lowest BCUT2D eigenvalue weighted by Crippen LogP contribution is -2.49. The number of ketones is 1. The molecule has 2 aliphatic rings. The van der Waals surface area contributed by atoms with Crippen LogP contribution >= 0.6 is 0 Å². The number of aliphatic carboxylic acids is 1. The van der Waals surface area contributed by atoms with Crippen LogP contribution in [0.3, 0.4) is 0 Å². The Morgan fingerprint density at radius 3 is 2.93 bits per heavy atom. The maximum absolute atomic E-state index is 12.0. The molecular formula is C11H16O4. The van der Waals surface area contributed by atoms with Gasteiger partial charge in [0, 0.05) is 5.92 Å². The molecule has 2 rings (SSSR count). The van der Waals surface area contributed by atoms with E-state index in [4.69, 9.17) is 9.84 Å². The molecule has 2 aliphatic heterocycles. The molecule has 0 aliphatic carbocycles. The van der Waals surface area contributed by atoms with Gasteiger partial charge in [0.15, 0.2) is 0 Å². The lowest BCUT2D eigenvalue weighted by atomic mass is 9.78. The number of carboxylic acid groups (broad SMARTS) is 1. The fourth-order valence-electron chi connectivity index (χ4n) is 2.79. The van der Waals surface area contributed by atoms with E-state index in [1.807, 2.05) is 13.8 Å². The molecule has 2 fully saturated rings. The maximum atomic E-state index is 12.0. The minimum absolute atomic E-state index is 0.00699. The summed E-state index contributed by atoms with van der Waals surface area (Å²) >= 11 is 0. The number of ether oxygens (including phenoxy) is 1. The number of rotatable bonds is 2. The first-order valence-electron chi connectivity index (χ1n) is 5.37. The summed E-state index contributed by atoms with van der Waals surface area (Å²) in [4.78, 5) is 22.7. The van der Waals surface area contributed by atoms with Gasteiger partial charge in [0.1, 0.15) is 5.78 Å². The number of Topliss-reactive ketones (excluding diaryl/α,β-unsaturated/α-hetero) is 1. The van der Waals surface area contributed by atoms with Gasteiger partial charge in [-0.2, -0.15) is 0 Å². The summed E-state index contributed by atoms with van der Waals surface area (Å²) in [6.45, 7) is 3.71. The number of carboxylic acids is 1. The molecule has 0 amide bonds. The van der Waals surface area contributed by atoms with Gasteiger partial charge in [-0.25, -0.2) is 0 Å². The fraction of sp³-hybridized carbons (Fsp3) is 0.818. The van der Waals surface area contributed by atoms with Crippen LogP contribution < -0.4 is 0 Å². The standard InChI is InChI=1S/C11H16O4/c1-6-8-3-4-11(2,15-8)7(10(6)14)5-9(12)13/h6-8H,3-5H2,1-2H3,(H,12,13)/t6-,7-,8+,11-/m0/s1. The van der Waals surface area contributed by atoms with Gasteiger partial charge >= 0.3 is 5.97 Å². The number of carbonyl (C=O) groups is 2. The topological polar surface area (TPSA) is 63.6 Å². The van der Waals surface area contributed by atoms with Crippen molar-refractivity contribution in [3.05, 3.63) is 0 Å². The van der Waals surface area contributed by atoms with Gasteiger partial charge in [0.2, 0.25) is 0 Å². The van der Waals surface area contributed by atoms with Crippen LogP contribution in [0.25, 0.3) is 0 Å². The Kier molecular flexibility index (Phi) is 2.34. The third kappa shape index (κ3) is 1.57. The minimum Gasteiger partial charge on any atom is -0.481 e. The molecule has 0 unspecified atom stereocenters. The molecule has 4 atom stereocenters. The normalized spacial score (nSPS) is 44.4. The van der Waals surface area contributed by atoms with Crippen LogP contribution in [-0.4, -0.2) is 28.6 Å². The first kappa shape index (κ1) is 10.6. The molecule has 15 heavy (non-hydrogen) atoms. The largest absolute Gasteiger partial charge is 0.481 e. The van der Waals surface area contributed by atoms with Gasteiger partial charge in [-0.05, 0) is 19.8 Å². The zero-order valence-corrected chi connectivity index (χ0v) is 9.03. The van der Waals surface area contributed by atoms with E-state index in [0.29, 0.717) is 0 Å². The van der Waals surface area contributed by atoms with Crippen LogP contribution in [-0.2, 0) is 14.3 Å². The Morgan fingerprint density at radius 1 is 1.67 bits per heavy atom. The Morgan fingerprint density at radius 2 is 2.33 bits per heavy atom. The van der Waals surface area contributed by atoms with Gasteiger partial charge < -0.3 is 9.84 Å². The quantitative estimate of drug-likeness (QED) is 0.747. The van der Waals surface area contributed by atoms with Crippen molar-refractivity contribution in [1.29, 1.82) is 0 Å². The second-order valence-corrected chi connectivity index (χ2v) is 4.85. The lowest BCUT2D eigenvalue weighted by molar-refractivity contribution is -0.168. The molecule has 0 radical (unpaired) electrons. The number of hydrogen-bond donors (Lipinski definition) is 1. The van der Waals surface area contributed by atoms with Crippen molar-refractivity contribution >= 4 is 11.8 Å². The summed E-state index contributed by atoms with van der Waals surface area (Å²) in [6, 6.07) is 0. The van der Waals surface area contributed by atoms with Gasteiger partial charge in [0.05, 0.1) is 24.0 Å². The minimum atomic E-state index is -0.921. The van der Waals surface area contributed by atoms with Crippen molar-refractivity contribution < 1.29 is 19.4 Å². The zero-order valence-electron chi connectivity index (χ0n) is 9.03. The highest BCUT2D eigenvalue weighted by molar-refractivity contribution is 5.89. The van der Waals surface area contributed by atoms with Gasteiger partial charge in [-0.3, -0.25) is 9.59 Å². The molecule has 0 saturated carbocycles. The summed E-state index contributed by atoms with van der Waals surface area (Å²) in [7, 11) is 0. The van der Waals surface area contributed by atoms with Crippen molar-refractivity contribution in [3.63, 3.8) is 0 Å². The maximum Gasteiger partial charge on any atom is 0.304 e. The zero-order chi connectivity index (χ0) is 11.2. The summed E-state index contributed by atoms with van der Waals surface area (Å²) in [5, 5.41) is 8.80. The average molecular weight is 212 g/mol. The van der Waals surface area contributed by atoms with E-state index < -0.39 is 17.5 Å². The predicted octanol–water partition coefficient (Wildman–Crippen LogP) is 1.23. The van der Waals surface area contributed by atoms with E-state index in [-0.39, 0.29) is 24.2 Å². The highest BCUT2D eigenvalue weighted by Gasteiger charge is 2.54. The Labute approximate surface area is 88.6 Å². The van der Waals surface area contributed by atoms with Gasteiger partial charge in [-0.15, -0.1) is 0 Å². The van der Waals surface area contributed by atoms with Crippen LogP contribution in [0.4, 0.5) is 0 Å². The number of hydrogen-bond acceptors (Lipinski definition) is 3. The second-order valence-electron chi connectivity index (χ2n) is 4.85. The van der Waals surface area contributed by atoms with Crippen LogP contribution in [0.15, 0.2) is 0 Å². The molecule has 0 aromatic heterocycles. The van der Waals surface area contributed by atoms with Crippen LogP contribution in [0.1, 0.15) is 33.1 Å². The predicted molar refractivity (Wildman–Crippen MR) is 52.4 cm³/mol. The van der Waals surface area contributed by atoms with E-state index in [1.165, 1.54) is 0 Å². The first-order valence-corrected chi connectivity index (χ1v) is 5.37. The van der Waals surface area contributed by atoms with E-state index in [0.717, 1.165) is 12.8 Å². The third-order valence-electron chi connectivity index (χ3n) is 3.81.